The second kappa shape index (κ2) is 3.38. The molecule has 0 fully saturated rings. The summed E-state index contributed by atoms with van der Waals surface area (Å²) in [5, 5.41) is 3.94. The van der Waals surface area contributed by atoms with Crippen molar-refractivity contribution in [3.63, 3.8) is 0 Å². The molecule has 0 spiro atoms. The molecule has 0 atom stereocenters. The second-order valence-electron chi connectivity index (χ2n) is 3.58. The van der Waals surface area contributed by atoms with Gasteiger partial charge in [-0.2, -0.15) is 5.32 Å². The summed E-state index contributed by atoms with van der Waals surface area (Å²) < 4.78 is 1.82. The van der Waals surface area contributed by atoms with Gasteiger partial charge in [0, 0.05) is 13.1 Å². The van der Waals surface area contributed by atoms with Crippen LogP contribution < -0.4 is 5.32 Å². The second-order valence-corrected chi connectivity index (χ2v) is 3.58. The van der Waals surface area contributed by atoms with Gasteiger partial charge in [-0.15, -0.1) is 0 Å². The number of amides is 1. The zero-order valence-corrected chi connectivity index (χ0v) is 8.98. The van der Waals surface area contributed by atoms with E-state index in [1.807, 2.05) is 36.6 Å². The molecule has 0 N–H and O–H groups in total. The van der Waals surface area contributed by atoms with E-state index in [4.69, 9.17) is 0 Å². The zero-order chi connectivity index (χ0) is 11.0. The molecular weight excluding hydrogens is 190 g/mol. The summed E-state index contributed by atoms with van der Waals surface area (Å²) in [5.41, 5.74) is 2.74. The van der Waals surface area contributed by atoms with Gasteiger partial charge >= 0.3 is 0 Å². The first-order chi connectivity index (χ1) is 7.08. The van der Waals surface area contributed by atoms with E-state index in [0.717, 1.165) is 16.9 Å². The number of aromatic nitrogens is 2. The molecule has 0 aromatic carbocycles. The van der Waals surface area contributed by atoms with Crippen molar-refractivity contribution in [3.8, 4) is 0 Å². The normalized spacial score (nSPS) is 10.6. The van der Waals surface area contributed by atoms with E-state index in [0.29, 0.717) is 5.82 Å². The molecular formula is C11H12N3O. The third-order valence-corrected chi connectivity index (χ3v) is 2.19. The van der Waals surface area contributed by atoms with Crippen LogP contribution in [0.15, 0.2) is 18.3 Å². The van der Waals surface area contributed by atoms with Crippen LogP contribution in [0.1, 0.15) is 18.2 Å². The smallest absolute Gasteiger partial charge is 0.244 e. The summed E-state index contributed by atoms with van der Waals surface area (Å²) in [4.78, 5) is 15.3. The Hall–Kier alpha value is -1.84. The number of rotatable bonds is 1. The van der Waals surface area contributed by atoms with Gasteiger partial charge in [-0.05, 0) is 31.5 Å². The van der Waals surface area contributed by atoms with E-state index in [-0.39, 0.29) is 5.91 Å². The lowest BCUT2D eigenvalue weighted by Crippen LogP contribution is -2.07. The minimum Gasteiger partial charge on any atom is -0.284 e. The number of carbonyl (C=O) groups is 1. The Bertz CT molecular complexity index is 528. The molecule has 0 saturated carbocycles. The maximum Gasteiger partial charge on any atom is 0.244 e. The van der Waals surface area contributed by atoms with E-state index in [9.17, 15) is 4.79 Å². The van der Waals surface area contributed by atoms with Crippen molar-refractivity contribution < 1.29 is 4.79 Å². The molecule has 0 unspecified atom stereocenters. The van der Waals surface area contributed by atoms with Crippen molar-refractivity contribution in [2.45, 2.75) is 20.8 Å². The fourth-order valence-corrected chi connectivity index (χ4v) is 1.54. The van der Waals surface area contributed by atoms with Crippen molar-refractivity contribution >= 4 is 17.4 Å². The molecule has 0 aliphatic carbocycles. The highest BCUT2D eigenvalue weighted by molar-refractivity contribution is 5.78. The minimum absolute atomic E-state index is 0.208. The number of imidazole rings is 1. The van der Waals surface area contributed by atoms with Gasteiger partial charge < -0.3 is 0 Å². The minimum atomic E-state index is -0.208. The van der Waals surface area contributed by atoms with Crippen LogP contribution in [-0.2, 0) is 4.79 Å². The standard InChI is InChI=1S/C11H12N3O/c1-7-4-5-14-10(6-7)12-8(2)11(14)13-9(3)15/h4-6H,1-3H3. The summed E-state index contributed by atoms with van der Waals surface area (Å²) in [6, 6.07) is 3.93. The Labute approximate surface area is 87.9 Å². The number of carbonyl (C=O) groups excluding carboxylic acids is 1. The first kappa shape index (κ1) is 9.71. The Morgan fingerprint density at radius 3 is 2.87 bits per heavy atom. The predicted molar refractivity (Wildman–Crippen MR) is 57.1 cm³/mol. The first-order valence-corrected chi connectivity index (χ1v) is 4.75. The van der Waals surface area contributed by atoms with Gasteiger partial charge in [0.1, 0.15) is 5.65 Å². The van der Waals surface area contributed by atoms with Crippen molar-refractivity contribution in [2.24, 2.45) is 0 Å². The molecule has 0 bridgehead atoms. The van der Waals surface area contributed by atoms with Crippen LogP contribution in [0.5, 0.6) is 0 Å². The molecule has 4 nitrogen and oxygen atoms in total. The summed E-state index contributed by atoms with van der Waals surface area (Å²) in [6.45, 7) is 5.29. The molecule has 4 heteroatoms. The molecule has 0 aliphatic heterocycles. The molecule has 1 radical (unpaired) electrons. The van der Waals surface area contributed by atoms with E-state index < -0.39 is 0 Å². The van der Waals surface area contributed by atoms with Crippen molar-refractivity contribution in [2.75, 3.05) is 0 Å². The Balaban J connectivity index is 2.63. The predicted octanol–water partition coefficient (Wildman–Crippen LogP) is 1.73. The number of fused-ring (bicyclic) bond motifs is 1. The fourth-order valence-electron chi connectivity index (χ4n) is 1.54. The molecule has 1 amide bonds. The van der Waals surface area contributed by atoms with E-state index in [1.165, 1.54) is 6.92 Å². The van der Waals surface area contributed by atoms with Crippen molar-refractivity contribution in [1.82, 2.24) is 14.7 Å². The van der Waals surface area contributed by atoms with E-state index in [2.05, 4.69) is 10.3 Å². The summed E-state index contributed by atoms with van der Waals surface area (Å²) >= 11 is 0. The van der Waals surface area contributed by atoms with Gasteiger partial charge in [0.2, 0.25) is 5.91 Å². The number of hydrogen-bond donors (Lipinski definition) is 0. The van der Waals surface area contributed by atoms with Crippen LogP contribution >= 0.6 is 0 Å². The highest BCUT2D eigenvalue weighted by atomic mass is 16.1. The van der Waals surface area contributed by atoms with Crippen LogP contribution in [0.25, 0.3) is 5.65 Å². The molecule has 2 rings (SSSR count). The molecule has 2 aromatic heterocycles. The number of aryl methyl sites for hydroxylation is 2. The van der Waals surface area contributed by atoms with Crippen LogP contribution in [0.2, 0.25) is 0 Å². The van der Waals surface area contributed by atoms with Crippen molar-refractivity contribution in [3.05, 3.63) is 29.6 Å². The lowest BCUT2D eigenvalue weighted by atomic mass is 10.3. The van der Waals surface area contributed by atoms with Crippen molar-refractivity contribution in [1.29, 1.82) is 0 Å². The maximum absolute atomic E-state index is 11.0. The van der Waals surface area contributed by atoms with Crippen LogP contribution in [0.4, 0.5) is 5.82 Å². The summed E-state index contributed by atoms with van der Waals surface area (Å²) in [7, 11) is 0. The molecule has 77 valence electrons. The van der Waals surface area contributed by atoms with Crippen LogP contribution in [0.3, 0.4) is 0 Å². The third-order valence-electron chi connectivity index (χ3n) is 2.19. The van der Waals surface area contributed by atoms with Gasteiger partial charge in [0.05, 0.1) is 5.69 Å². The summed E-state index contributed by atoms with van der Waals surface area (Å²) in [5.74, 6) is 0.415. The van der Waals surface area contributed by atoms with Gasteiger partial charge in [-0.25, -0.2) is 4.98 Å². The van der Waals surface area contributed by atoms with Gasteiger partial charge in [0.15, 0.2) is 5.82 Å². The number of hydrogen-bond acceptors (Lipinski definition) is 2. The SMILES string of the molecule is CC(=O)[N]c1c(C)nc2cc(C)ccn12. The largest absolute Gasteiger partial charge is 0.284 e. The maximum atomic E-state index is 11.0. The highest BCUT2D eigenvalue weighted by Gasteiger charge is 2.10. The Morgan fingerprint density at radius 1 is 1.47 bits per heavy atom. The number of nitrogens with zero attached hydrogens (tertiary/aromatic N) is 3. The Morgan fingerprint density at radius 2 is 2.20 bits per heavy atom. The average molecular weight is 202 g/mol. The molecule has 15 heavy (non-hydrogen) atoms. The number of pyridine rings is 1. The van der Waals surface area contributed by atoms with Crippen LogP contribution in [-0.4, -0.2) is 15.3 Å². The molecule has 0 saturated heterocycles. The quantitative estimate of drug-likeness (QED) is 0.707. The fraction of sp³-hybridized carbons (Fsp3) is 0.273. The third kappa shape index (κ3) is 1.70. The summed E-state index contributed by atoms with van der Waals surface area (Å²) in [6.07, 6.45) is 1.88. The first-order valence-electron chi connectivity index (χ1n) is 4.75. The zero-order valence-electron chi connectivity index (χ0n) is 8.98. The van der Waals surface area contributed by atoms with E-state index in [1.54, 1.807) is 0 Å². The average Bonchev–Trinajstić information content (AvgIpc) is 2.41. The molecule has 2 aromatic rings. The molecule has 0 aliphatic rings. The lowest BCUT2D eigenvalue weighted by Gasteiger charge is -2.00. The van der Waals surface area contributed by atoms with E-state index >= 15 is 0 Å². The monoisotopic (exact) mass is 202 g/mol. The lowest BCUT2D eigenvalue weighted by molar-refractivity contribution is -0.118. The Kier molecular flexibility index (Phi) is 2.19. The van der Waals surface area contributed by atoms with Crippen LogP contribution in [0, 0.1) is 13.8 Å². The highest BCUT2D eigenvalue weighted by Crippen LogP contribution is 2.18. The molecule has 2 heterocycles. The van der Waals surface area contributed by atoms with Gasteiger partial charge in [-0.3, -0.25) is 9.20 Å². The van der Waals surface area contributed by atoms with Gasteiger partial charge in [-0.1, -0.05) is 0 Å². The topological polar surface area (TPSA) is 48.5 Å². The van der Waals surface area contributed by atoms with Gasteiger partial charge in [0.25, 0.3) is 0 Å².